The van der Waals surface area contributed by atoms with Crippen LogP contribution >= 0.6 is 0 Å². The van der Waals surface area contributed by atoms with Crippen LogP contribution < -0.4 is 9.64 Å². The number of ether oxygens (including phenoxy) is 1. The Hall–Kier alpha value is -2.96. The number of imide groups is 1. The molecular formula is C19H18N2O5. The minimum Gasteiger partial charge on any atom is -0.496 e. The highest BCUT2D eigenvalue weighted by Gasteiger charge is 2.62. The predicted octanol–water partition coefficient (Wildman–Crippen LogP) is 2.86. The van der Waals surface area contributed by atoms with Gasteiger partial charge in [0.2, 0.25) is 11.8 Å². The van der Waals surface area contributed by atoms with Crippen LogP contribution in [0.15, 0.2) is 41.5 Å². The summed E-state index contributed by atoms with van der Waals surface area (Å²) < 4.78 is 5.03. The lowest BCUT2D eigenvalue weighted by molar-refractivity contribution is -0.384. The second-order valence-electron chi connectivity index (χ2n) is 7.07. The van der Waals surface area contributed by atoms with Crippen LogP contribution in [0.25, 0.3) is 0 Å². The lowest BCUT2D eigenvalue weighted by atomic mass is 9.85. The number of hydrogen-bond donors (Lipinski definition) is 0. The number of hydrogen-bond acceptors (Lipinski definition) is 5. The molecule has 3 aliphatic rings. The van der Waals surface area contributed by atoms with Gasteiger partial charge in [-0.05, 0) is 26.0 Å². The predicted molar refractivity (Wildman–Crippen MR) is 93.6 cm³/mol. The van der Waals surface area contributed by atoms with Crippen molar-refractivity contribution in [1.29, 1.82) is 0 Å². The van der Waals surface area contributed by atoms with E-state index in [2.05, 4.69) is 0 Å². The molecule has 0 spiro atoms. The van der Waals surface area contributed by atoms with Crippen LogP contribution in [0.3, 0.4) is 0 Å². The first-order valence-corrected chi connectivity index (χ1v) is 8.42. The van der Waals surface area contributed by atoms with Crippen molar-refractivity contribution < 1.29 is 19.2 Å². The molecule has 0 radical (unpaired) electrons. The molecule has 1 aliphatic heterocycles. The molecule has 2 amide bonds. The average Bonchev–Trinajstić information content (AvgIpc) is 3.24. The van der Waals surface area contributed by atoms with Gasteiger partial charge in [-0.15, -0.1) is 0 Å². The molecule has 1 saturated carbocycles. The van der Waals surface area contributed by atoms with Crippen molar-refractivity contribution in [1.82, 2.24) is 0 Å². The van der Waals surface area contributed by atoms with Crippen molar-refractivity contribution in [2.45, 2.75) is 13.8 Å². The van der Waals surface area contributed by atoms with E-state index in [1.807, 2.05) is 26.0 Å². The number of amides is 2. The van der Waals surface area contributed by atoms with E-state index in [1.54, 1.807) is 0 Å². The Morgan fingerprint density at radius 2 is 1.69 bits per heavy atom. The Morgan fingerprint density at radius 3 is 2.15 bits per heavy atom. The lowest BCUT2D eigenvalue weighted by Crippen LogP contribution is -2.33. The third-order valence-corrected chi connectivity index (χ3v) is 5.61. The molecule has 2 bridgehead atoms. The molecule has 1 saturated heterocycles. The first-order valence-electron chi connectivity index (χ1n) is 8.42. The minimum atomic E-state index is -0.596. The van der Waals surface area contributed by atoms with Gasteiger partial charge in [0.1, 0.15) is 11.4 Å². The molecular weight excluding hydrogens is 336 g/mol. The molecule has 0 aromatic heterocycles. The molecule has 7 heteroatoms. The summed E-state index contributed by atoms with van der Waals surface area (Å²) in [4.78, 5) is 38.0. The summed E-state index contributed by atoms with van der Waals surface area (Å²) in [6.07, 6.45) is 3.98. The highest BCUT2D eigenvalue weighted by molar-refractivity contribution is 6.24. The average molecular weight is 354 g/mol. The molecule has 0 N–H and O–H groups in total. The third-order valence-electron chi connectivity index (χ3n) is 5.61. The summed E-state index contributed by atoms with van der Waals surface area (Å²) in [7, 11) is 1.40. The fraction of sp³-hybridized carbons (Fsp3) is 0.368. The number of nitro benzene ring substituents is 1. The Labute approximate surface area is 150 Å². The van der Waals surface area contributed by atoms with E-state index in [4.69, 9.17) is 4.74 Å². The SMILES string of the molecule is COc1ccc(N2C(=O)[C@@H]3[C@@H](C2=O)[C@H]2C=C[C@@H]3C2=C(C)C)c([N+](=O)[O-])c1. The van der Waals surface area contributed by atoms with Crippen molar-refractivity contribution >= 4 is 23.2 Å². The van der Waals surface area contributed by atoms with Crippen LogP contribution in [-0.2, 0) is 9.59 Å². The Bertz CT molecular complexity index is 879. The van der Waals surface area contributed by atoms with E-state index in [0.29, 0.717) is 5.75 Å². The minimum absolute atomic E-state index is 0.0124. The van der Waals surface area contributed by atoms with E-state index in [9.17, 15) is 19.7 Å². The van der Waals surface area contributed by atoms with Gasteiger partial charge in [-0.2, -0.15) is 0 Å². The Balaban J connectivity index is 1.79. The highest BCUT2D eigenvalue weighted by Crippen LogP contribution is 2.57. The standard InChI is InChI=1S/C19H18N2O5/c1-9(2)15-11-5-6-12(15)17-16(11)18(22)20(19(17)23)13-7-4-10(26-3)8-14(13)21(24)25/h4-8,11-12,16-17H,1-3H3/t11-,12+,16-,17-/m0/s1. The molecule has 2 aliphatic carbocycles. The van der Waals surface area contributed by atoms with Gasteiger partial charge in [0.15, 0.2) is 0 Å². The zero-order valence-electron chi connectivity index (χ0n) is 14.6. The maximum Gasteiger partial charge on any atom is 0.297 e. The number of allylic oxidation sites excluding steroid dienone is 4. The number of fused-ring (bicyclic) bond motifs is 5. The Morgan fingerprint density at radius 1 is 1.12 bits per heavy atom. The second-order valence-corrected chi connectivity index (χ2v) is 7.07. The zero-order valence-corrected chi connectivity index (χ0v) is 14.6. The zero-order chi connectivity index (χ0) is 18.7. The molecule has 2 fully saturated rings. The van der Waals surface area contributed by atoms with Crippen LogP contribution in [0.5, 0.6) is 5.75 Å². The fourth-order valence-corrected chi connectivity index (χ4v) is 4.63. The van der Waals surface area contributed by atoms with E-state index in [0.717, 1.165) is 16.0 Å². The molecule has 4 atom stereocenters. The van der Waals surface area contributed by atoms with Gasteiger partial charge in [-0.3, -0.25) is 19.7 Å². The molecule has 1 aromatic carbocycles. The van der Waals surface area contributed by atoms with Crippen LogP contribution in [0.1, 0.15) is 13.8 Å². The smallest absolute Gasteiger partial charge is 0.297 e. The third kappa shape index (κ3) is 2.00. The number of nitro groups is 1. The van der Waals surface area contributed by atoms with Crippen LogP contribution in [0, 0.1) is 33.8 Å². The van der Waals surface area contributed by atoms with Gasteiger partial charge in [0.05, 0.1) is 29.9 Å². The summed E-state index contributed by atoms with van der Waals surface area (Å²) in [6.45, 7) is 3.98. The molecule has 1 heterocycles. The quantitative estimate of drug-likeness (QED) is 0.360. The number of carbonyl (C=O) groups excluding carboxylic acids is 2. The molecule has 4 rings (SSSR count). The number of nitrogens with zero attached hydrogens (tertiary/aromatic N) is 2. The van der Waals surface area contributed by atoms with Crippen LogP contribution in [-0.4, -0.2) is 23.8 Å². The van der Waals surface area contributed by atoms with E-state index >= 15 is 0 Å². The van der Waals surface area contributed by atoms with E-state index in [-0.39, 0.29) is 35.0 Å². The fourth-order valence-electron chi connectivity index (χ4n) is 4.63. The maximum atomic E-state index is 13.1. The highest BCUT2D eigenvalue weighted by atomic mass is 16.6. The largest absolute Gasteiger partial charge is 0.496 e. The first kappa shape index (κ1) is 16.5. The van der Waals surface area contributed by atoms with E-state index < -0.39 is 16.8 Å². The monoisotopic (exact) mass is 354 g/mol. The number of methoxy groups -OCH3 is 1. The molecule has 134 valence electrons. The summed E-state index contributed by atoms with van der Waals surface area (Å²) in [5.74, 6) is -1.53. The Kier molecular flexibility index (Phi) is 3.50. The summed E-state index contributed by atoms with van der Waals surface area (Å²) >= 11 is 0. The molecule has 26 heavy (non-hydrogen) atoms. The summed E-state index contributed by atoms with van der Waals surface area (Å²) in [5, 5.41) is 11.5. The number of anilines is 1. The van der Waals surface area contributed by atoms with Crippen LogP contribution in [0.2, 0.25) is 0 Å². The molecule has 1 aromatic rings. The van der Waals surface area contributed by atoms with Crippen molar-refractivity contribution in [3.05, 3.63) is 51.6 Å². The van der Waals surface area contributed by atoms with Crippen LogP contribution in [0.4, 0.5) is 11.4 Å². The second kappa shape index (κ2) is 5.52. The van der Waals surface area contributed by atoms with Crippen molar-refractivity contribution in [3.8, 4) is 5.75 Å². The number of carbonyl (C=O) groups is 2. The lowest BCUT2D eigenvalue weighted by Gasteiger charge is -2.19. The normalized spacial score (nSPS) is 28.7. The van der Waals surface area contributed by atoms with Gasteiger partial charge in [-0.1, -0.05) is 23.3 Å². The summed E-state index contributed by atoms with van der Waals surface area (Å²) in [5.41, 5.74) is 1.97. The van der Waals surface area contributed by atoms with E-state index in [1.165, 1.54) is 25.3 Å². The van der Waals surface area contributed by atoms with Gasteiger partial charge in [0.25, 0.3) is 5.69 Å². The van der Waals surface area contributed by atoms with Gasteiger partial charge < -0.3 is 4.74 Å². The summed E-state index contributed by atoms with van der Waals surface area (Å²) in [6, 6.07) is 4.16. The number of rotatable bonds is 3. The van der Waals surface area contributed by atoms with Crippen molar-refractivity contribution in [2.24, 2.45) is 23.7 Å². The topological polar surface area (TPSA) is 89.8 Å². The number of benzene rings is 1. The van der Waals surface area contributed by atoms with Gasteiger partial charge in [-0.25, -0.2) is 4.90 Å². The molecule has 0 unspecified atom stereocenters. The first-order chi connectivity index (χ1) is 12.4. The molecule has 7 nitrogen and oxygen atoms in total. The van der Waals surface area contributed by atoms with Gasteiger partial charge in [0, 0.05) is 11.8 Å². The van der Waals surface area contributed by atoms with Gasteiger partial charge >= 0.3 is 0 Å². The maximum absolute atomic E-state index is 13.1. The van der Waals surface area contributed by atoms with Crippen molar-refractivity contribution in [2.75, 3.05) is 12.0 Å². The van der Waals surface area contributed by atoms with Crippen molar-refractivity contribution in [3.63, 3.8) is 0 Å².